The van der Waals surface area contributed by atoms with Gasteiger partial charge in [0.1, 0.15) is 0 Å². The number of nitrogens with zero attached hydrogens (tertiary/aromatic N) is 2. The number of anilines is 1. The maximum Gasteiger partial charge on any atom is 0.0992 e. The van der Waals surface area contributed by atoms with Crippen molar-refractivity contribution in [2.75, 3.05) is 18.0 Å². The van der Waals surface area contributed by atoms with Gasteiger partial charge in [-0.05, 0) is 65.2 Å². The van der Waals surface area contributed by atoms with Gasteiger partial charge in [0.15, 0.2) is 0 Å². The van der Waals surface area contributed by atoms with E-state index in [-0.39, 0.29) is 0 Å². The third kappa shape index (κ3) is 2.51. The minimum atomic E-state index is 0.662. The molecule has 0 N–H and O–H groups in total. The van der Waals surface area contributed by atoms with E-state index in [1.807, 2.05) is 12.1 Å². The Hall–Kier alpha value is -1.01. The normalized spacial score (nSPS) is 21.6. The quantitative estimate of drug-likeness (QED) is 0.763. The van der Waals surface area contributed by atoms with E-state index in [1.54, 1.807) is 0 Å². The average molecular weight is 319 g/mol. The highest BCUT2D eigenvalue weighted by atomic mass is 79.9. The summed E-state index contributed by atoms with van der Waals surface area (Å²) in [6.45, 7) is 2.31. The zero-order chi connectivity index (χ0) is 13.3. The number of hydrogen-bond acceptors (Lipinski definition) is 2. The van der Waals surface area contributed by atoms with Gasteiger partial charge in [-0.15, -0.1) is 0 Å². The molecule has 0 amide bonds. The van der Waals surface area contributed by atoms with Gasteiger partial charge in [0, 0.05) is 17.6 Å². The third-order valence-corrected chi connectivity index (χ3v) is 5.54. The van der Waals surface area contributed by atoms with Gasteiger partial charge < -0.3 is 4.90 Å². The van der Waals surface area contributed by atoms with Crippen molar-refractivity contribution in [2.45, 2.75) is 38.5 Å². The van der Waals surface area contributed by atoms with Gasteiger partial charge in [-0.1, -0.05) is 12.8 Å². The zero-order valence-corrected chi connectivity index (χ0v) is 12.7. The van der Waals surface area contributed by atoms with E-state index in [1.165, 1.54) is 44.2 Å². The highest BCUT2D eigenvalue weighted by Gasteiger charge is 2.37. The monoisotopic (exact) mass is 318 g/mol. The van der Waals surface area contributed by atoms with Crippen molar-refractivity contribution in [2.24, 2.45) is 5.41 Å². The van der Waals surface area contributed by atoms with Gasteiger partial charge in [-0.2, -0.15) is 5.26 Å². The van der Waals surface area contributed by atoms with E-state index >= 15 is 0 Å². The van der Waals surface area contributed by atoms with Gasteiger partial charge >= 0.3 is 0 Å². The molecule has 1 heterocycles. The molecule has 1 spiro atoms. The summed E-state index contributed by atoms with van der Waals surface area (Å²) in [5.41, 5.74) is 2.63. The first kappa shape index (κ1) is 13.0. The third-order valence-electron chi connectivity index (χ3n) is 4.91. The summed E-state index contributed by atoms with van der Waals surface area (Å²) in [6, 6.07) is 8.11. The second kappa shape index (κ2) is 5.17. The van der Waals surface area contributed by atoms with E-state index in [2.05, 4.69) is 33.0 Å². The standard InChI is InChI=1S/C16H19BrN2/c17-14-11-13(12-18)3-4-15(14)19-9-7-16(8-10-19)5-1-2-6-16/h3-4,11H,1-2,5-10H2. The zero-order valence-electron chi connectivity index (χ0n) is 11.2. The fourth-order valence-corrected chi connectivity index (χ4v) is 4.31. The molecular formula is C16H19BrN2. The fraction of sp³-hybridized carbons (Fsp3) is 0.562. The summed E-state index contributed by atoms with van der Waals surface area (Å²) in [5, 5.41) is 8.92. The molecule has 1 saturated heterocycles. The SMILES string of the molecule is N#Cc1ccc(N2CCC3(CCCC3)CC2)c(Br)c1. The van der Waals surface area contributed by atoms with Gasteiger partial charge in [-0.3, -0.25) is 0 Å². The molecule has 100 valence electrons. The topological polar surface area (TPSA) is 27.0 Å². The summed E-state index contributed by atoms with van der Waals surface area (Å²) < 4.78 is 1.05. The van der Waals surface area contributed by atoms with Crippen molar-refractivity contribution in [1.82, 2.24) is 0 Å². The molecule has 0 atom stereocenters. The van der Waals surface area contributed by atoms with Gasteiger partial charge in [0.05, 0.1) is 17.3 Å². The molecule has 1 aliphatic heterocycles. The molecule has 2 nitrogen and oxygen atoms in total. The molecule has 19 heavy (non-hydrogen) atoms. The molecule has 0 unspecified atom stereocenters. The van der Waals surface area contributed by atoms with Gasteiger partial charge in [-0.25, -0.2) is 0 Å². The van der Waals surface area contributed by atoms with E-state index in [0.29, 0.717) is 5.41 Å². The second-order valence-electron chi connectivity index (χ2n) is 5.97. The lowest BCUT2D eigenvalue weighted by Crippen LogP contribution is -2.39. The maximum atomic E-state index is 8.92. The lowest BCUT2D eigenvalue weighted by molar-refractivity contribution is 0.226. The average Bonchev–Trinajstić information content (AvgIpc) is 2.88. The number of rotatable bonds is 1. The number of benzene rings is 1. The summed E-state index contributed by atoms with van der Waals surface area (Å²) >= 11 is 3.61. The van der Waals surface area contributed by atoms with E-state index in [0.717, 1.165) is 23.1 Å². The van der Waals surface area contributed by atoms with Crippen LogP contribution in [0.2, 0.25) is 0 Å². The molecule has 1 aromatic carbocycles. The van der Waals surface area contributed by atoms with Crippen LogP contribution in [0.15, 0.2) is 22.7 Å². The first-order valence-corrected chi connectivity index (χ1v) is 7.96. The van der Waals surface area contributed by atoms with Crippen LogP contribution in [-0.4, -0.2) is 13.1 Å². The predicted molar refractivity (Wildman–Crippen MR) is 81.2 cm³/mol. The Morgan fingerprint density at radius 2 is 1.79 bits per heavy atom. The Morgan fingerprint density at radius 3 is 2.37 bits per heavy atom. The van der Waals surface area contributed by atoms with Crippen molar-refractivity contribution in [3.63, 3.8) is 0 Å². The Morgan fingerprint density at radius 1 is 1.11 bits per heavy atom. The smallest absolute Gasteiger partial charge is 0.0992 e. The minimum Gasteiger partial charge on any atom is -0.371 e. The Balaban J connectivity index is 1.73. The van der Waals surface area contributed by atoms with Crippen LogP contribution in [-0.2, 0) is 0 Å². The lowest BCUT2D eigenvalue weighted by Gasteiger charge is -2.40. The molecule has 0 aromatic heterocycles. The summed E-state index contributed by atoms with van der Waals surface area (Å²) in [7, 11) is 0. The van der Waals surface area contributed by atoms with Gasteiger partial charge in [0.2, 0.25) is 0 Å². The molecule has 1 aliphatic carbocycles. The summed E-state index contributed by atoms with van der Waals surface area (Å²) in [5.74, 6) is 0. The largest absolute Gasteiger partial charge is 0.371 e. The first-order valence-electron chi connectivity index (χ1n) is 7.17. The van der Waals surface area contributed by atoms with Crippen LogP contribution in [0.5, 0.6) is 0 Å². The van der Waals surface area contributed by atoms with Crippen LogP contribution in [0, 0.1) is 16.7 Å². The molecule has 2 fully saturated rings. The van der Waals surface area contributed by atoms with Crippen molar-refractivity contribution < 1.29 is 0 Å². The van der Waals surface area contributed by atoms with Crippen molar-refractivity contribution in [3.8, 4) is 6.07 Å². The van der Waals surface area contributed by atoms with Crippen LogP contribution >= 0.6 is 15.9 Å². The minimum absolute atomic E-state index is 0.662. The molecule has 3 heteroatoms. The van der Waals surface area contributed by atoms with Crippen molar-refractivity contribution >= 4 is 21.6 Å². The number of halogens is 1. The highest BCUT2D eigenvalue weighted by Crippen LogP contribution is 2.47. The second-order valence-corrected chi connectivity index (χ2v) is 6.83. The molecule has 0 bridgehead atoms. The first-order chi connectivity index (χ1) is 9.22. The summed E-state index contributed by atoms with van der Waals surface area (Å²) in [6.07, 6.45) is 8.41. The van der Waals surface area contributed by atoms with Crippen LogP contribution in [0.3, 0.4) is 0 Å². The molecular weight excluding hydrogens is 300 g/mol. The van der Waals surface area contributed by atoms with Crippen molar-refractivity contribution in [3.05, 3.63) is 28.2 Å². The van der Waals surface area contributed by atoms with E-state index in [4.69, 9.17) is 5.26 Å². The Kier molecular flexibility index (Phi) is 3.54. The molecule has 1 aromatic rings. The number of hydrogen-bond donors (Lipinski definition) is 0. The van der Waals surface area contributed by atoms with Crippen LogP contribution in [0.25, 0.3) is 0 Å². The number of nitriles is 1. The van der Waals surface area contributed by atoms with Crippen LogP contribution < -0.4 is 4.90 Å². The van der Waals surface area contributed by atoms with E-state index in [9.17, 15) is 0 Å². The summed E-state index contributed by atoms with van der Waals surface area (Å²) in [4.78, 5) is 2.47. The molecule has 0 radical (unpaired) electrons. The van der Waals surface area contributed by atoms with Gasteiger partial charge in [0.25, 0.3) is 0 Å². The molecule has 3 rings (SSSR count). The maximum absolute atomic E-state index is 8.92. The number of piperidine rings is 1. The molecule has 2 aliphatic rings. The Bertz CT molecular complexity index is 502. The lowest BCUT2D eigenvalue weighted by atomic mass is 9.77. The fourth-order valence-electron chi connectivity index (χ4n) is 3.68. The van der Waals surface area contributed by atoms with Crippen molar-refractivity contribution in [1.29, 1.82) is 5.26 Å². The highest BCUT2D eigenvalue weighted by molar-refractivity contribution is 9.10. The van der Waals surface area contributed by atoms with E-state index < -0.39 is 0 Å². The molecule has 1 saturated carbocycles. The predicted octanol–water partition coefficient (Wildman–Crippen LogP) is 4.48. The van der Waals surface area contributed by atoms with Crippen LogP contribution in [0.4, 0.5) is 5.69 Å². The van der Waals surface area contributed by atoms with Crippen LogP contribution in [0.1, 0.15) is 44.1 Å². The Labute approximate surface area is 123 Å².